The number of aromatic amines is 1. The first-order chi connectivity index (χ1) is 18.2. The number of fused-ring (bicyclic) bond motifs is 2. The number of ether oxygens (including phenoxy) is 1. The van der Waals surface area contributed by atoms with E-state index in [1.807, 2.05) is 30.3 Å². The maximum absolute atomic E-state index is 13.8. The molecular weight excluding hydrogens is 512 g/mol. The van der Waals surface area contributed by atoms with Crippen LogP contribution in [0.15, 0.2) is 77.6 Å². The highest BCUT2D eigenvalue weighted by Gasteiger charge is 2.24. The van der Waals surface area contributed by atoms with Gasteiger partial charge in [0.15, 0.2) is 5.82 Å². The molecule has 4 aromatic heterocycles. The second kappa shape index (κ2) is 10.1. The SMILES string of the molecule is O=c1c2c(Cl)cccc2nc(C(COCc2ccccc2)Nc2ncnc3scnc23)n1-c1cn[nH]c1. The zero-order chi connectivity index (χ0) is 25.2. The molecule has 1 unspecified atom stereocenters. The maximum atomic E-state index is 13.8. The molecular formula is C25H19ClN8O2S. The third kappa shape index (κ3) is 4.55. The molecule has 0 bridgehead atoms. The van der Waals surface area contributed by atoms with Gasteiger partial charge in [-0.2, -0.15) is 5.10 Å². The van der Waals surface area contributed by atoms with Crippen LogP contribution < -0.4 is 10.9 Å². The summed E-state index contributed by atoms with van der Waals surface area (Å²) >= 11 is 7.84. The molecule has 0 saturated carbocycles. The number of rotatable bonds is 8. The minimum atomic E-state index is -0.588. The fourth-order valence-electron chi connectivity index (χ4n) is 4.07. The molecule has 0 saturated heterocycles. The Balaban J connectivity index is 1.48. The molecule has 2 N–H and O–H groups in total. The van der Waals surface area contributed by atoms with Crippen molar-refractivity contribution < 1.29 is 4.74 Å². The predicted octanol–water partition coefficient (Wildman–Crippen LogP) is 4.53. The van der Waals surface area contributed by atoms with E-state index in [1.54, 1.807) is 36.1 Å². The summed E-state index contributed by atoms with van der Waals surface area (Å²) in [5.41, 5.74) is 4.04. The van der Waals surface area contributed by atoms with Crippen molar-refractivity contribution in [2.75, 3.05) is 11.9 Å². The van der Waals surface area contributed by atoms with E-state index in [0.717, 1.165) is 10.4 Å². The van der Waals surface area contributed by atoms with E-state index < -0.39 is 6.04 Å². The van der Waals surface area contributed by atoms with E-state index >= 15 is 0 Å². The lowest BCUT2D eigenvalue weighted by atomic mass is 10.2. The Hall–Kier alpha value is -4.19. The quantitative estimate of drug-likeness (QED) is 0.294. The molecule has 1 atom stereocenters. The van der Waals surface area contributed by atoms with Crippen LogP contribution in [0, 0.1) is 0 Å². The van der Waals surface area contributed by atoms with Crippen molar-refractivity contribution in [3.05, 3.63) is 99.5 Å². The Labute approximate surface area is 219 Å². The monoisotopic (exact) mass is 530 g/mol. The Bertz CT molecular complexity index is 1740. The van der Waals surface area contributed by atoms with Gasteiger partial charge in [0, 0.05) is 6.20 Å². The van der Waals surface area contributed by atoms with Crippen molar-refractivity contribution in [2.45, 2.75) is 12.6 Å². The summed E-state index contributed by atoms with van der Waals surface area (Å²) in [7, 11) is 0. The van der Waals surface area contributed by atoms with Crippen LogP contribution in [0.2, 0.25) is 5.02 Å². The van der Waals surface area contributed by atoms with Gasteiger partial charge in [0.25, 0.3) is 5.56 Å². The normalized spacial score (nSPS) is 12.2. The van der Waals surface area contributed by atoms with Crippen LogP contribution in [0.4, 0.5) is 5.82 Å². The zero-order valence-electron chi connectivity index (χ0n) is 19.2. The first-order valence-electron chi connectivity index (χ1n) is 11.3. The fraction of sp³-hybridized carbons (Fsp3) is 0.120. The first kappa shape index (κ1) is 23.2. The van der Waals surface area contributed by atoms with Crippen LogP contribution in [-0.4, -0.2) is 41.3 Å². The van der Waals surface area contributed by atoms with Gasteiger partial charge in [-0.05, 0) is 17.7 Å². The highest BCUT2D eigenvalue weighted by molar-refractivity contribution is 7.16. The number of hydrogen-bond donors (Lipinski definition) is 2. The highest BCUT2D eigenvalue weighted by atomic mass is 35.5. The van der Waals surface area contributed by atoms with Gasteiger partial charge in [0.05, 0.1) is 46.5 Å². The third-order valence-electron chi connectivity index (χ3n) is 5.77. The number of aromatic nitrogens is 7. The summed E-state index contributed by atoms with van der Waals surface area (Å²) in [6.07, 6.45) is 4.66. The lowest BCUT2D eigenvalue weighted by Crippen LogP contribution is -2.30. The molecule has 0 radical (unpaired) electrons. The summed E-state index contributed by atoms with van der Waals surface area (Å²) in [4.78, 5) is 32.5. The lowest BCUT2D eigenvalue weighted by molar-refractivity contribution is 0.110. The van der Waals surface area contributed by atoms with Crippen molar-refractivity contribution in [3.8, 4) is 5.69 Å². The molecule has 0 fully saturated rings. The molecule has 0 aliphatic rings. The highest BCUT2D eigenvalue weighted by Crippen LogP contribution is 2.27. The number of nitrogens with zero attached hydrogens (tertiary/aromatic N) is 6. The molecule has 0 amide bonds. The average molecular weight is 531 g/mol. The van der Waals surface area contributed by atoms with Crippen molar-refractivity contribution in [3.63, 3.8) is 0 Å². The fourth-order valence-corrected chi connectivity index (χ4v) is 4.95. The van der Waals surface area contributed by atoms with E-state index in [1.165, 1.54) is 22.2 Å². The lowest BCUT2D eigenvalue weighted by Gasteiger charge is -2.23. The molecule has 37 heavy (non-hydrogen) atoms. The zero-order valence-corrected chi connectivity index (χ0v) is 20.8. The van der Waals surface area contributed by atoms with E-state index in [4.69, 9.17) is 21.3 Å². The Kier molecular flexibility index (Phi) is 6.31. The van der Waals surface area contributed by atoms with Crippen molar-refractivity contribution >= 4 is 50.0 Å². The predicted molar refractivity (Wildman–Crippen MR) is 142 cm³/mol. The second-order valence-electron chi connectivity index (χ2n) is 8.13. The van der Waals surface area contributed by atoms with E-state index in [-0.39, 0.29) is 12.2 Å². The number of benzene rings is 2. The van der Waals surface area contributed by atoms with Crippen LogP contribution in [-0.2, 0) is 11.3 Å². The van der Waals surface area contributed by atoms with Crippen LogP contribution in [0.1, 0.15) is 17.4 Å². The van der Waals surface area contributed by atoms with E-state index in [0.29, 0.717) is 45.4 Å². The Morgan fingerprint density at radius 1 is 1.11 bits per heavy atom. The molecule has 10 nitrogen and oxygen atoms in total. The molecule has 12 heteroatoms. The van der Waals surface area contributed by atoms with Crippen LogP contribution in [0.3, 0.4) is 0 Å². The van der Waals surface area contributed by atoms with Crippen molar-refractivity contribution in [1.29, 1.82) is 0 Å². The van der Waals surface area contributed by atoms with Gasteiger partial charge in [-0.1, -0.05) is 48.0 Å². The van der Waals surface area contributed by atoms with Crippen LogP contribution >= 0.6 is 22.9 Å². The molecule has 6 aromatic rings. The number of H-pyrrole nitrogens is 1. The minimum absolute atomic E-state index is 0.181. The van der Waals surface area contributed by atoms with Crippen LogP contribution in [0.25, 0.3) is 26.9 Å². The average Bonchev–Trinajstić information content (AvgIpc) is 3.61. The van der Waals surface area contributed by atoms with Gasteiger partial charge in [-0.25, -0.2) is 19.9 Å². The topological polar surface area (TPSA) is 124 Å². The largest absolute Gasteiger partial charge is 0.374 e. The number of anilines is 1. The third-order valence-corrected chi connectivity index (χ3v) is 6.82. The molecule has 0 aliphatic heterocycles. The van der Waals surface area contributed by atoms with Gasteiger partial charge >= 0.3 is 0 Å². The molecule has 6 rings (SSSR count). The Morgan fingerprint density at radius 2 is 2.00 bits per heavy atom. The number of halogens is 1. The standard InChI is InChI=1S/C25H19ClN8O2S/c26-17-7-4-8-18-20(17)25(35)34(16-9-30-31-10-16)23(33-18)19(12-36-11-15-5-2-1-3-6-15)32-22-21-24(28-13-27-22)37-14-29-21/h1-10,13-14,19H,11-12H2,(H,30,31)(H,27,28,32). The van der Waals surface area contributed by atoms with Crippen molar-refractivity contribution in [1.82, 2.24) is 34.7 Å². The van der Waals surface area contributed by atoms with E-state index in [9.17, 15) is 4.79 Å². The summed E-state index contributed by atoms with van der Waals surface area (Å²) in [6.45, 7) is 0.561. The minimum Gasteiger partial charge on any atom is -0.374 e. The molecule has 0 aliphatic carbocycles. The number of hydrogen-bond acceptors (Lipinski definition) is 9. The van der Waals surface area contributed by atoms with Gasteiger partial charge in [0.1, 0.15) is 28.5 Å². The Morgan fingerprint density at radius 3 is 2.84 bits per heavy atom. The van der Waals surface area contributed by atoms with Gasteiger partial charge in [0.2, 0.25) is 0 Å². The second-order valence-corrected chi connectivity index (χ2v) is 9.37. The van der Waals surface area contributed by atoms with E-state index in [2.05, 4.69) is 30.5 Å². The smallest absolute Gasteiger partial charge is 0.267 e. The molecule has 0 spiro atoms. The summed E-state index contributed by atoms with van der Waals surface area (Å²) in [5.74, 6) is 0.926. The van der Waals surface area contributed by atoms with Crippen molar-refractivity contribution in [2.24, 2.45) is 0 Å². The summed E-state index contributed by atoms with van der Waals surface area (Å²) in [6, 6.07) is 14.5. The molecule has 4 heterocycles. The maximum Gasteiger partial charge on any atom is 0.267 e. The van der Waals surface area contributed by atoms with Crippen LogP contribution in [0.5, 0.6) is 0 Å². The summed E-state index contributed by atoms with van der Waals surface area (Å²) < 4.78 is 7.61. The van der Waals surface area contributed by atoms with Gasteiger partial charge < -0.3 is 10.1 Å². The number of nitrogens with one attached hydrogen (secondary N) is 2. The molecule has 2 aromatic carbocycles. The number of thiazole rings is 1. The first-order valence-corrected chi connectivity index (χ1v) is 12.6. The van der Waals surface area contributed by atoms with Gasteiger partial charge in [-0.15, -0.1) is 11.3 Å². The molecule has 184 valence electrons. The summed E-state index contributed by atoms with van der Waals surface area (Å²) in [5, 5.41) is 10.8. The van der Waals surface area contributed by atoms with Gasteiger partial charge in [-0.3, -0.25) is 14.5 Å².